The largest absolute Gasteiger partial charge is 0.491 e. The predicted octanol–water partition coefficient (Wildman–Crippen LogP) is 1.23. The Kier molecular flexibility index (Phi) is 8.44. The van der Waals surface area contributed by atoms with Crippen LogP contribution in [0.4, 0.5) is 0 Å². The Balaban J connectivity index is 2.16. The number of benzene rings is 1. The van der Waals surface area contributed by atoms with Crippen LogP contribution in [0.15, 0.2) is 24.3 Å². The van der Waals surface area contributed by atoms with Gasteiger partial charge in [0.05, 0.1) is 11.6 Å². The van der Waals surface area contributed by atoms with Gasteiger partial charge in [0.1, 0.15) is 18.5 Å². The fraction of sp³-hybridized carbons (Fsp3) is 0.562. The van der Waals surface area contributed by atoms with Crippen molar-refractivity contribution in [3.8, 4) is 11.8 Å². The maximum atomic E-state index is 9.84. The first-order valence-electron chi connectivity index (χ1n) is 7.43. The first kappa shape index (κ1) is 17.4. The molecule has 5 nitrogen and oxygen atoms in total. The Bertz CT molecular complexity index is 424. The number of hydrogen-bond donors (Lipinski definition) is 2. The first-order valence-corrected chi connectivity index (χ1v) is 7.43. The molecule has 0 spiro atoms. The number of ether oxygens (including phenoxy) is 1. The zero-order valence-electron chi connectivity index (χ0n) is 12.9. The van der Waals surface area contributed by atoms with Gasteiger partial charge in [-0.2, -0.15) is 5.26 Å². The summed E-state index contributed by atoms with van der Waals surface area (Å²) in [6, 6.07) is 8.92. The maximum absolute atomic E-state index is 9.84. The first-order chi connectivity index (χ1) is 10.2. The smallest absolute Gasteiger partial charge is 0.119 e. The van der Waals surface area contributed by atoms with E-state index in [9.17, 15) is 5.11 Å². The summed E-state index contributed by atoms with van der Waals surface area (Å²) in [6.45, 7) is 8.96. The van der Waals surface area contributed by atoms with E-state index < -0.39 is 6.10 Å². The molecule has 1 aromatic carbocycles. The van der Waals surface area contributed by atoms with E-state index in [2.05, 4.69) is 30.1 Å². The fourth-order valence-corrected chi connectivity index (χ4v) is 1.92. The molecule has 0 aliphatic rings. The summed E-state index contributed by atoms with van der Waals surface area (Å²) in [5, 5.41) is 21.8. The monoisotopic (exact) mass is 291 g/mol. The summed E-state index contributed by atoms with van der Waals surface area (Å²) in [4.78, 5) is 2.33. The van der Waals surface area contributed by atoms with E-state index in [-0.39, 0.29) is 6.61 Å². The third-order valence-corrected chi connectivity index (χ3v) is 3.30. The Morgan fingerprint density at radius 1 is 1.29 bits per heavy atom. The highest BCUT2D eigenvalue weighted by atomic mass is 16.5. The fourth-order valence-electron chi connectivity index (χ4n) is 1.92. The normalized spacial score (nSPS) is 12.1. The van der Waals surface area contributed by atoms with Crippen LogP contribution in [0.2, 0.25) is 0 Å². The topological polar surface area (TPSA) is 68.5 Å². The molecule has 0 saturated carbocycles. The van der Waals surface area contributed by atoms with Crippen LogP contribution >= 0.6 is 0 Å². The molecule has 5 heteroatoms. The highest BCUT2D eigenvalue weighted by Gasteiger charge is 2.05. The van der Waals surface area contributed by atoms with Gasteiger partial charge in [0.15, 0.2) is 0 Å². The van der Waals surface area contributed by atoms with Crippen molar-refractivity contribution in [2.75, 3.05) is 39.3 Å². The summed E-state index contributed by atoms with van der Waals surface area (Å²) in [5.41, 5.74) is 0.598. The molecule has 0 aliphatic heterocycles. The lowest BCUT2D eigenvalue weighted by atomic mass is 10.2. The maximum Gasteiger partial charge on any atom is 0.119 e. The van der Waals surface area contributed by atoms with E-state index in [0.717, 1.165) is 26.2 Å². The standard InChI is InChI=1S/C16H25N3O2/c1-3-19(4-2)10-9-18-12-15(20)13-21-16-7-5-14(11-17)6-8-16/h5-8,15,18,20H,3-4,9-10,12-13H2,1-2H3/t15-/m1/s1. The Morgan fingerprint density at radius 2 is 1.95 bits per heavy atom. The third kappa shape index (κ3) is 7.09. The lowest BCUT2D eigenvalue weighted by Crippen LogP contribution is -2.37. The van der Waals surface area contributed by atoms with Crippen LogP contribution in [0, 0.1) is 11.3 Å². The molecule has 0 saturated heterocycles. The van der Waals surface area contributed by atoms with Gasteiger partial charge in [-0.15, -0.1) is 0 Å². The van der Waals surface area contributed by atoms with Gasteiger partial charge >= 0.3 is 0 Å². The number of likely N-dealkylation sites (N-methyl/N-ethyl adjacent to an activating group) is 1. The molecule has 116 valence electrons. The van der Waals surface area contributed by atoms with Gasteiger partial charge in [-0.3, -0.25) is 0 Å². The molecule has 1 atom stereocenters. The van der Waals surface area contributed by atoms with Crippen molar-refractivity contribution in [3.05, 3.63) is 29.8 Å². The minimum absolute atomic E-state index is 0.240. The van der Waals surface area contributed by atoms with Crippen LogP contribution in [-0.2, 0) is 0 Å². The summed E-state index contributed by atoms with van der Waals surface area (Å²) in [7, 11) is 0. The molecule has 0 aliphatic carbocycles. The van der Waals surface area contributed by atoms with Crippen LogP contribution in [0.5, 0.6) is 5.75 Å². The van der Waals surface area contributed by atoms with Crippen LogP contribution in [0.25, 0.3) is 0 Å². The van der Waals surface area contributed by atoms with E-state index in [4.69, 9.17) is 10.00 Å². The molecule has 0 aromatic heterocycles. The highest BCUT2D eigenvalue weighted by Crippen LogP contribution is 2.11. The average Bonchev–Trinajstić information content (AvgIpc) is 2.53. The third-order valence-electron chi connectivity index (χ3n) is 3.30. The zero-order chi connectivity index (χ0) is 15.5. The van der Waals surface area contributed by atoms with Gasteiger partial charge in [0, 0.05) is 19.6 Å². The Hall–Kier alpha value is -1.61. The van der Waals surface area contributed by atoms with Crippen molar-refractivity contribution in [3.63, 3.8) is 0 Å². The van der Waals surface area contributed by atoms with Crippen molar-refractivity contribution in [1.29, 1.82) is 5.26 Å². The number of aliphatic hydroxyl groups excluding tert-OH is 1. The molecule has 0 amide bonds. The van der Waals surface area contributed by atoms with E-state index in [1.165, 1.54) is 0 Å². The molecule has 2 N–H and O–H groups in total. The van der Waals surface area contributed by atoms with Gasteiger partial charge in [0.25, 0.3) is 0 Å². The second-order valence-corrected chi connectivity index (χ2v) is 4.83. The number of rotatable bonds is 10. The van der Waals surface area contributed by atoms with Crippen molar-refractivity contribution in [2.24, 2.45) is 0 Å². The summed E-state index contributed by atoms with van der Waals surface area (Å²) in [6.07, 6.45) is -0.544. The van der Waals surface area contributed by atoms with Crippen molar-refractivity contribution in [2.45, 2.75) is 20.0 Å². The molecule has 0 heterocycles. The average molecular weight is 291 g/mol. The van der Waals surface area contributed by atoms with Crippen molar-refractivity contribution < 1.29 is 9.84 Å². The highest BCUT2D eigenvalue weighted by molar-refractivity contribution is 5.34. The molecule has 0 radical (unpaired) electrons. The number of nitriles is 1. The second kappa shape index (κ2) is 10.2. The molecular weight excluding hydrogens is 266 g/mol. The molecule has 21 heavy (non-hydrogen) atoms. The van der Waals surface area contributed by atoms with Crippen molar-refractivity contribution in [1.82, 2.24) is 10.2 Å². The van der Waals surface area contributed by atoms with Crippen molar-refractivity contribution >= 4 is 0 Å². The number of nitrogens with zero attached hydrogens (tertiary/aromatic N) is 2. The Labute approximate surface area is 127 Å². The van der Waals surface area contributed by atoms with E-state index in [0.29, 0.717) is 17.9 Å². The molecule has 1 aromatic rings. The van der Waals surface area contributed by atoms with Gasteiger partial charge in [-0.05, 0) is 37.4 Å². The van der Waals surface area contributed by atoms with Crippen LogP contribution < -0.4 is 10.1 Å². The Morgan fingerprint density at radius 3 is 2.52 bits per heavy atom. The zero-order valence-corrected chi connectivity index (χ0v) is 12.9. The number of nitrogens with one attached hydrogen (secondary N) is 1. The van der Waals surface area contributed by atoms with Crippen LogP contribution in [0.3, 0.4) is 0 Å². The molecular formula is C16H25N3O2. The van der Waals surface area contributed by atoms with Gasteiger partial charge < -0.3 is 20.1 Å². The molecule has 1 rings (SSSR count). The minimum atomic E-state index is -0.544. The van der Waals surface area contributed by atoms with Gasteiger partial charge in [0.2, 0.25) is 0 Å². The van der Waals surface area contributed by atoms with E-state index in [1.807, 2.05) is 0 Å². The molecule has 0 unspecified atom stereocenters. The lowest BCUT2D eigenvalue weighted by Gasteiger charge is -2.19. The van der Waals surface area contributed by atoms with E-state index >= 15 is 0 Å². The SMILES string of the molecule is CCN(CC)CCNC[C@@H](O)COc1ccc(C#N)cc1. The summed E-state index contributed by atoms with van der Waals surface area (Å²) in [5.74, 6) is 0.663. The second-order valence-electron chi connectivity index (χ2n) is 4.83. The minimum Gasteiger partial charge on any atom is -0.491 e. The van der Waals surface area contributed by atoms with E-state index in [1.54, 1.807) is 24.3 Å². The van der Waals surface area contributed by atoms with Crippen LogP contribution in [0.1, 0.15) is 19.4 Å². The number of aliphatic hydroxyl groups is 1. The summed E-state index contributed by atoms with van der Waals surface area (Å²) >= 11 is 0. The summed E-state index contributed by atoms with van der Waals surface area (Å²) < 4.78 is 5.48. The molecule has 0 fully saturated rings. The van der Waals surface area contributed by atoms with Gasteiger partial charge in [-0.25, -0.2) is 0 Å². The van der Waals surface area contributed by atoms with Crippen LogP contribution in [-0.4, -0.2) is 55.4 Å². The lowest BCUT2D eigenvalue weighted by molar-refractivity contribution is 0.106. The van der Waals surface area contributed by atoms with Gasteiger partial charge in [-0.1, -0.05) is 13.8 Å². The number of hydrogen-bond acceptors (Lipinski definition) is 5. The predicted molar refractivity (Wildman–Crippen MR) is 83.3 cm³/mol. The quantitative estimate of drug-likeness (QED) is 0.635. The molecule has 0 bridgehead atoms.